The first-order valence-electron chi connectivity index (χ1n) is 9.02. The van der Waals surface area contributed by atoms with E-state index >= 15 is 0 Å². The summed E-state index contributed by atoms with van der Waals surface area (Å²) in [7, 11) is 0. The summed E-state index contributed by atoms with van der Waals surface area (Å²) in [6, 6.07) is 17.2. The summed E-state index contributed by atoms with van der Waals surface area (Å²) in [4.78, 5) is 4.51. The van der Waals surface area contributed by atoms with Crippen LogP contribution in [0.15, 0.2) is 65.3 Å². The van der Waals surface area contributed by atoms with Gasteiger partial charge in [-0.2, -0.15) is 10.1 Å². The monoisotopic (exact) mass is 394 g/mol. The third-order valence-electron chi connectivity index (χ3n) is 4.33. The molecule has 0 saturated carbocycles. The average molecular weight is 395 g/mol. The van der Waals surface area contributed by atoms with E-state index in [1.807, 2.05) is 54.1 Å². The van der Waals surface area contributed by atoms with Crippen molar-refractivity contribution in [3.63, 3.8) is 0 Å². The van der Waals surface area contributed by atoms with Crippen molar-refractivity contribution < 1.29 is 9.26 Å². The van der Waals surface area contributed by atoms with Crippen molar-refractivity contribution in [2.24, 2.45) is 0 Å². The van der Waals surface area contributed by atoms with Crippen molar-refractivity contribution in [2.45, 2.75) is 26.5 Å². The molecule has 0 unspecified atom stereocenters. The van der Waals surface area contributed by atoms with Crippen LogP contribution in [-0.2, 0) is 6.54 Å². The summed E-state index contributed by atoms with van der Waals surface area (Å²) in [5.41, 5.74) is 2.96. The van der Waals surface area contributed by atoms with Crippen LogP contribution in [0.3, 0.4) is 0 Å². The number of nitrogens with zero attached hydrogens (tertiary/aromatic N) is 4. The first-order valence-corrected chi connectivity index (χ1v) is 9.40. The molecule has 1 atom stereocenters. The van der Waals surface area contributed by atoms with Crippen LogP contribution in [0.25, 0.3) is 22.6 Å². The molecule has 0 N–H and O–H groups in total. The van der Waals surface area contributed by atoms with Gasteiger partial charge in [-0.1, -0.05) is 41.0 Å². The Morgan fingerprint density at radius 1 is 1.11 bits per heavy atom. The summed E-state index contributed by atoms with van der Waals surface area (Å²) in [5, 5.41) is 9.06. The zero-order valence-electron chi connectivity index (χ0n) is 15.5. The van der Waals surface area contributed by atoms with Gasteiger partial charge in [-0.15, -0.1) is 0 Å². The molecule has 0 spiro atoms. The molecule has 142 valence electrons. The predicted octanol–water partition coefficient (Wildman–Crippen LogP) is 5.41. The lowest BCUT2D eigenvalue weighted by molar-refractivity contribution is 0.176. The predicted molar refractivity (Wildman–Crippen MR) is 107 cm³/mol. The molecule has 0 radical (unpaired) electrons. The number of aromatic nitrogens is 4. The molecule has 2 aromatic carbocycles. The molecular formula is C21H19ClN4O2. The highest BCUT2D eigenvalue weighted by Crippen LogP contribution is 2.27. The van der Waals surface area contributed by atoms with Gasteiger partial charge in [0.05, 0.1) is 5.69 Å². The van der Waals surface area contributed by atoms with E-state index in [4.69, 9.17) is 20.9 Å². The van der Waals surface area contributed by atoms with Gasteiger partial charge in [0.25, 0.3) is 5.89 Å². The fourth-order valence-electron chi connectivity index (χ4n) is 2.96. The summed E-state index contributed by atoms with van der Waals surface area (Å²) >= 11 is 6.00. The Labute approximate surface area is 167 Å². The average Bonchev–Trinajstić information content (AvgIpc) is 3.38. The highest BCUT2D eigenvalue weighted by Gasteiger charge is 2.17. The number of benzene rings is 2. The molecule has 0 amide bonds. The van der Waals surface area contributed by atoms with E-state index in [2.05, 4.69) is 22.2 Å². The molecule has 6 nitrogen and oxygen atoms in total. The number of rotatable bonds is 6. The Kier molecular flexibility index (Phi) is 5.12. The first-order chi connectivity index (χ1) is 13.6. The minimum Gasteiger partial charge on any atom is -0.481 e. The van der Waals surface area contributed by atoms with E-state index in [1.54, 1.807) is 18.3 Å². The molecule has 0 aliphatic carbocycles. The second-order valence-electron chi connectivity index (χ2n) is 6.29. The number of aryl methyl sites for hydroxylation is 1. The molecule has 2 heterocycles. The third kappa shape index (κ3) is 3.77. The van der Waals surface area contributed by atoms with Gasteiger partial charge in [-0.05, 0) is 44.2 Å². The van der Waals surface area contributed by atoms with Gasteiger partial charge in [-0.3, -0.25) is 4.68 Å². The van der Waals surface area contributed by atoms with Gasteiger partial charge >= 0.3 is 0 Å². The lowest BCUT2D eigenvalue weighted by Gasteiger charge is -2.10. The van der Waals surface area contributed by atoms with E-state index in [1.165, 1.54) is 0 Å². The van der Waals surface area contributed by atoms with Gasteiger partial charge in [0, 0.05) is 28.9 Å². The van der Waals surface area contributed by atoms with Crippen molar-refractivity contribution in [1.82, 2.24) is 19.9 Å². The number of hydrogen-bond acceptors (Lipinski definition) is 5. The van der Waals surface area contributed by atoms with Crippen molar-refractivity contribution >= 4 is 11.6 Å². The molecule has 4 aromatic rings. The molecule has 0 bridgehead atoms. The minimum absolute atomic E-state index is 0.399. The molecular weight excluding hydrogens is 376 g/mol. The Bertz CT molecular complexity index is 1090. The SMILES string of the molecule is CCn1nccc1-c1cccc(-c2noc([C@@H](C)Oc3cccc(Cl)c3)n2)c1. The highest BCUT2D eigenvalue weighted by atomic mass is 35.5. The zero-order chi connectivity index (χ0) is 19.5. The lowest BCUT2D eigenvalue weighted by Crippen LogP contribution is -2.03. The first kappa shape index (κ1) is 18.3. The fourth-order valence-corrected chi connectivity index (χ4v) is 3.14. The summed E-state index contributed by atoms with van der Waals surface area (Å²) in [6.07, 6.45) is 1.40. The van der Waals surface area contributed by atoms with Crippen molar-refractivity contribution in [3.05, 3.63) is 71.7 Å². The molecule has 0 saturated heterocycles. The highest BCUT2D eigenvalue weighted by molar-refractivity contribution is 6.30. The van der Waals surface area contributed by atoms with E-state index in [0.29, 0.717) is 22.5 Å². The Hall–Kier alpha value is -3.12. The molecule has 28 heavy (non-hydrogen) atoms. The topological polar surface area (TPSA) is 66.0 Å². The normalized spacial score (nSPS) is 12.1. The molecule has 0 fully saturated rings. The number of halogens is 1. The fraction of sp³-hybridized carbons (Fsp3) is 0.190. The van der Waals surface area contributed by atoms with Crippen LogP contribution in [0.1, 0.15) is 25.8 Å². The van der Waals surface area contributed by atoms with Crippen LogP contribution < -0.4 is 4.74 Å². The number of hydrogen-bond donors (Lipinski definition) is 0. The maximum absolute atomic E-state index is 6.00. The summed E-state index contributed by atoms with van der Waals surface area (Å²) in [5.74, 6) is 1.56. The van der Waals surface area contributed by atoms with E-state index in [-0.39, 0.29) is 0 Å². The van der Waals surface area contributed by atoms with Crippen LogP contribution in [0.2, 0.25) is 5.02 Å². The zero-order valence-corrected chi connectivity index (χ0v) is 16.3. The van der Waals surface area contributed by atoms with Crippen molar-refractivity contribution in [3.8, 4) is 28.4 Å². The van der Waals surface area contributed by atoms with Gasteiger partial charge in [0.1, 0.15) is 5.75 Å². The van der Waals surface area contributed by atoms with Gasteiger partial charge < -0.3 is 9.26 Å². The molecule has 0 aliphatic heterocycles. The van der Waals surface area contributed by atoms with Gasteiger partial charge in [-0.25, -0.2) is 0 Å². The Morgan fingerprint density at radius 3 is 2.75 bits per heavy atom. The Morgan fingerprint density at radius 2 is 1.93 bits per heavy atom. The van der Waals surface area contributed by atoms with Gasteiger partial charge in [0.2, 0.25) is 5.82 Å². The maximum Gasteiger partial charge on any atom is 0.267 e. The van der Waals surface area contributed by atoms with Crippen molar-refractivity contribution in [1.29, 1.82) is 0 Å². The van der Waals surface area contributed by atoms with E-state index < -0.39 is 6.10 Å². The maximum atomic E-state index is 6.00. The standard InChI is InChI=1S/C21H19ClN4O2/c1-3-26-19(10-11-23-26)15-6-4-7-16(12-15)20-24-21(28-25-20)14(2)27-18-9-5-8-17(22)13-18/h4-14H,3H2,1-2H3/t14-/m1/s1. The van der Waals surface area contributed by atoms with Crippen LogP contribution in [-0.4, -0.2) is 19.9 Å². The summed E-state index contributed by atoms with van der Waals surface area (Å²) < 4.78 is 13.2. The van der Waals surface area contributed by atoms with E-state index in [0.717, 1.165) is 23.4 Å². The van der Waals surface area contributed by atoms with Crippen LogP contribution in [0, 0.1) is 0 Å². The smallest absolute Gasteiger partial charge is 0.267 e. The molecule has 2 aromatic heterocycles. The molecule has 0 aliphatic rings. The minimum atomic E-state index is -0.399. The molecule has 7 heteroatoms. The third-order valence-corrected chi connectivity index (χ3v) is 4.57. The molecule has 4 rings (SSSR count). The second kappa shape index (κ2) is 7.86. The van der Waals surface area contributed by atoms with Crippen molar-refractivity contribution in [2.75, 3.05) is 0 Å². The van der Waals surface area contributed by atoms with Crippen LogP contribution in [0.5, 0.6) is 5.75 Å². The van der Waals surface area contributed by atoms with Gasteiger partial charge in [0.15, 0.2) is 6.10 Å². The second-order valence-corrected chi connectivity index (χ2v) is 6.72. The van der Waals surface area contributed by atoms with E-state index in [9.17, 15) is 0 Å². The number of ether oxygens (including phenoxy) is 1. The summed E-state index contributed by atoms with van der Waals surface area (Å²) in [6.45, 7) is 4.72. The Balaban J connectivity index is 1.56. The van der Waals surface area contributed by atoms with Crippen LogP contribution in [0.4, 0.5) is 0 Å². The quantitative estimate of drug-likeness (QED) is 0.437. The largest absolute Gasteiger partial charge is 0.481 e. The lowest BCUT2D eigenvalue weighted by atomic mass is 10.1. The van der Waals surface area contributed by atoms with Crippen LogP contribution >= 0.6 is 11.6 Å².